The molecule has 0 radical (unpaired) electrons. The zero-order valence-corrected chi connectivity index (χ0v) is 14.1. The third-order valence-electron chi connectivity index (χ3n) is 3.11. The molecule has 0 unspecified atom stereocenters. The number of fused-ring (bicyclic) bond motifs is 1. The molecule has 0 fully saturated rings. The number of azo groups is 1. The van der Waals surface area contributed by atoms with E-state index in [4.69, 9.17) is 5.26 Å². The van der Waals surface area contributed by atoms with Gasteiger partial charge in [-0.2, -0.15) is 18.5 Å². The number of nitrogens with zero attached hydrogens (tertiary/aromatic N) is 4. The van der Waals surface area contributed by atoms with Crippen LogP contribution >= 0.6 is 12.0 Å². The Morgan fingerprint density at radius 2 is 2.04 bits per heavy atom. The van der Waals surface area contributed by atoms with Gasteiger partial charge < -0.3 is 5.11 Å². The zero-order valence-electron chi connectivity index (χ0n) is 12.5. The molecule has 0 saturated heterocycles. The molecule has 1 heterocycles. The Bertz CT molecular complexity index is 1070. The Hall–Kier alpha value is -2.62. The molecule has 1 aromatic heterocycles. The molecular formula is C12H9N5O7S2. The Kier molecular flexibility index (Phi) is 5.12. The van der Waals surface area contributed by atoms with Gasteiger partial charge in [0, 0.05) is 10.3 Å². The molecule has 26 heavy (non-hydrogen) atoms. The smallest absolute Gasteiger partial charge is 0.298 e. The summed E-state index contributed by atoms with van der Waals surface area (Å²) in [6.07, 6.45) is 1.19. The predicted molar refractivity (Wildman–Crippen MR) is 86.6 cm³/mol. The van der Waals surface area contributed by atoms with Crippen LogP contribution < -0.4 is 0 Å². The molecule has 136 valence electrons. The van der Waals surface area contributed by atoms with Crippen molar-refractivity contribution in [2.24, 2.45) is 10.2 Å². The lowest BCUT2D eigenvalue weighted by Crippen LogP contribution is -1.99. The van der Waals surface area contributed by atoms with Crippen LogP contribution in [0.2, 0.25) is 0 Å². The van der Waals surface area contributed by atoms with E-state index < -0.39 is 20.8 Å². The first-order chi connectivity index (χ1) is 12.4. The van der Waals surface area contributed by atoms with Gasteiger partial charge in [-0.25, -0.2) is 10.4 Å². The van der Waals surface area contributed by atoms with Crippen molar-refractivity contribution in [3.63, 3.8) is 0 Å². The van der Waals surface area contributed by atoms with Crippen molar-refractivity contribution in [1.29, 1.82) is 0 Å². The van der Waals surface area contributed by atoms with Gasteiger partial charge in [0.1, 0.15) is 16.9 Å². The maximum atomic E-state index is 11.6. The third kappa shape index (κ3) is 3.79. The number of hydrogen-bond donors (Lipinski definition) is 4. The third-order valence-corrected chi connectivity index (χ3v) is 4.55. The summed E-state index contributed by atoms with van der Waals surface area (Å²) < 4.78 is 36.8. The number of phenolic OH excluding ortho intramolecular Hbond substituents is 1. The van der Waals surface area contributed by atoms with Crippen LogP contribution in [0.4, 0.5) is 11.6 Å². The van der Waals surface area contributed by atoms with Gasteiger partial charge in [-0.1, -0.05) is 11.1 Å². The van der Waals surface area contributed by atoms with Crippen molar-refractivity contribution in [3.8, 4) is 5.75 Å². The maximum Gasteiger partial charge on any atom is 0.298 e. The lowest BCUT2D eigenvalue weighted by Gasteiger charge is -2.09. The minimum atomic E-state index is -4.74. The van der Waals surface area contributed by atoms with Crippen LogP contribution in [-0.2, 0) is 19.5 Å². The molecule has 0 aliphatic rings. The quantitative estimate of drug-likeness (QED) is 0.158. The molecule has 14 heteroatoms. The second kappa shape index (κ2) is 7.32. The summed E-state index contributed by atoms with van der Waals surface area (Å²) in [5.41, 5.74) is -0.206. The molecule has 0 aliphatic heterocycles. The van der Waals surface area contributed by atoms with Gasteiger partial charge in [-0.05, 0) is 23.6 Å². The van der Waals surface area contributed by atoms with Crippen molar-refractivity contribution in [2.45, 2.75) is 9.79 Å². The van der Waals surface area contributed by atoms with Crippen LogP contribution in [0.5, 0.6) is 5.75 Å². The van der Waals surface area contributed by atoms with E-state index >= 15 is 0 Å². The van der Waals surface area contributed by atoms with Gasteiger partial charge in [0.2, 0.25) is 0 Å². The van der Waals surface area contributed by atoms with Crippen LogP contribution in [0.3, 0.4) is 0 Å². The summed E-state index contributed by atoms with van der Waals surface area (Å²) in [6, 6.07) is 5.55. The molecule has 0 saturated carbocycles. The van der Waals surface area contributed by atoms with Gasteiger partial charge in [0.05, 0.1) is 12.0 Å². The molecule has 3 rings (SSSR count). The fourth-order valence-electron chi connectivity index (χ4n) is 2.08. The average Bonchev–Trinajstić information content (AvgIpc) is 3.11. The van der Waals surface area contributed by atoms with Crippen molar-refractivity contribution in [2.75, 3.05) is 0 Å². The summed E-state index contributed by atoms with van der Waals surface area (Å²) in [5, 5.41) is 36.1. The van der Waals surface area contributed by atoms with Crippen LogP contribution in [-0.4, -0.2) is 38.5 Å². The summed E-state index contributed by atoms with van der Waals surface area (Å²) in [5.74, 6) is -0.755. The van der Waals surface area contributed by atoms with Crippen LogP contribution in [0, 0.1) is 0 Å². The Morgan fingerprint density at radius 3 is 2.69 bits per heavy atom. The van der Waals surface area contributed by atoms with Gasteiger partial charge in [0.15, 0.2) is 5.75 Å². The fourth-order valence-corrected chi connectivity index (χ4v) is 3.10. The lowest BCUT2D eigenvalue weighted by molar-refractivity contribution is -0.432. The van der Waals surface area contributed by atoms with Crippen molar-refractivity contribution < 1.29 is 32.7 Å². The first kappa shape index (κ1) is 18.2. The zero-order chi connectivity index (χ0) is 18.7. The van der Waals surface area contributed by atoms with Crippen molar-refractivity contribution >= 4 is 44.6 Å². The number of rotatable bonds is 6. The minimum Gasteiger partial charge on any atom is -0.504 e. The normalized spacial score (nSPS) is 12.2. The first-order valence-electron chi connectivity index (χ1n) is 6.59. The Morgan fingerprint density at radius 1 is 1.23 bits per heavy atom. The summed E-state index contributed by atoms with van der Waals surface area (Å²) in [7, 11) is -4.74. The van der Waals surface area contributed by atoms with E-state index in [0.717, 1.165) is 6.07 Å². The second-order valence-corrected chi connectivity index (χ2v) is 6.83. The number of benzene rings is 2. The van der Waals surface area contributed by atoms with Gasteiger partial charge >= 0.3 is 0 Å². The summed E-state index contributed by atoms with van der Waals surface area (Å²) in [4.78, 5) is 3.40. The van der Waals surface area contributed by atoms with Gasteiger partial charge in [0.25, 0.3) is 16.1 Å². The molecule has 4 N–H and O–H groups in total. The highest BCUT2D eigenvalue weighted by Gasteiger charge is 2.22. The largest absolute Gasteiger partial charge is 0.504 e. The Balaban J connectivity index is 2.20. The monoisotopic (exact) mass is 399 g/mol. The van der Waals surface area contributed by atoms with E-state index in [9.17, 15) is 18.1 Å². The van der Waals surface area contributed by atoms with E-state index in [-0.39, 0.29) is 17.0 Å². The van der Waals surface area contributed by atoms with Crippen LogP contribution in [0.25, 0.3) is 10.8 Å². The maximum absolute atomic E-state index is 11.6. The SMILES string of the molecule is O=S(=O)(O)c1cc2cc(SOOO)ccc2c(N=Nc2ncn[nH]2)c1O. The standard InChI is InChI=1S/C12H9N5O7S2/c18-11-9(26(20,21)22)4-6-3-7(25-24-23-19)1-2-8(6)10(11)15-17-12-13-5-14-16-12/h1-5,18-19H,(H,13,14,16)(H,20,21,22). The summed E-state index contributed by atoms with van der Waals surface area (Å²) in [6.45, 7) is 0. The average molecular weight is 399 g/mol. The molecule has 3 aromatic rings. The molecule has 0 bridgehead atoms. The number of nitrogens with one attached hydrogen (secondary N) is 1. The highest BCUT2D eigenvalue weighted by atomic mass is 32.2. The topological polar surface area (TPSA) is 180 Å². The van der Waals surface area contributed by atoms with E-state index in [1.54, 1.807) is 0 Å². The van der Waals surface area contributed by atoms with E-state index in [1.807, 2.05) is 0 Å². The molecule has 0 atom stereocenters. The highest BCUT2D eigenvalue weighted by Crippen LogP contribution is 2.42. The number of hydrogen-bond acceptors (Lipinski definition) is 11. The molecule has 2 aromatic carbocycles. The van der Waals surface area contributed by atoms with E-state index in [1.165, 1.54) is 24.5 Å². The molecule has 0 spiro atoms. The first-order valence-corrected chi connectivity index (χ1v) is 8.77. The van der Waals surface area contributed by atoms with Crippen molar-refractivity contribution in [1.82, 2.24) is 15.2 Å². The second-order valence-electron chi connectivity index (χ2n) is 4.66. The molecule has 0 amide bonds. The van der Waals surface area contributed by atoms with Gasteiger partial charge in [-0.15, -0.1) is 14.6 Å². The number of phenols is 1. The summed E-state index contributed by atoms with van der Waals surface area (Å²) >= 11 is 0.646. The van der Waals surface area contributed by atoms with Crippen LogP contribution in [0.15, 0.2) is 50.6 Å². The fraction of sp³-hybridized carbons (Fsp3) is 0. The molecule has 0 aliphatic carbocycles. The Labute approximate surface area is 149 Å². The van der Waals surface area contributed by atoms with Gasteiger partial charge in [-0.3, -0.25) is 4.55 Å². The van der Waals surface area contributed by atoms with E-state index in [0.29, 0.717) is 22.3 Å². The predicted octanol–water partition coefficient (Wildman–Crippen LogP) is 2.75. The van der Waals surface area contributed by atoms with E-state index in [2.05, 4.69) is 34.8 Å². The number of aromatic hydroxyl groups is 1. The molecular weight excluding hydrogens is 390 g/mol. The number of aromatic amines is 1. The van der Waals surface area contributed by atoms with Crippen molar-refractivity contribution in [3.05, 3.63) is 30.6 Å². The number of aromatic nitrogens is 3. The lowest BCUT2D eigenvalue weighted by atomic mass is 10.1. The molecule has 12 nitrogen and oxygen atoms in total. The highest BCUT2D eigenvalue weighted by molar-refractivity contribution is 7.94. The number of H-pyrrole nitrogens is 1. The van der Waals surface area contributed by atoms with Crippen LogP contribution in [0.1, 0.15) is 0 Å². The minimum absolute atomic E-state index is 0.0236.